The fourth-order valence-corrected chi connectivity index (χ4v) is 6.47. The van der Waals surface area contributed by atoms with Crippen molar-refractivity contribution in [2.24, 2.45) is 0 Å². The third-order valence-electron chi connectivity index (χ3n) is 8.94. The molecule has 4 heterocycles. The van der Waals surface area contributed by atoms with Crippen LogP contribution in [-0.4, -0.2) is 91.6 Å². The van der Waals surface area contributed by atoms with Gasteiger partial charge in [0.2, 0.25) is 0 Å². The smallest absolute Gasteiger partial charge is 0.164 e. The van der Waals surface area contributed by atoms with E-state index in [4.69, 9.17) is 9.57 Å². The summed E-state index contributed by atoms with van der Waals surface area (Å²) in [6.45, 7) is 8.05. The molecule has 0 bridgehead atoms. The fourth-order valence-electron chi connectivity index (χ4n) is 6.47. The first-order valence-corrected chi connectivity index (χ1v) is 15.2. The maximum absolute atomic E-state index is 14.6. The number of Topliss-reactive ketones (excluding diaryl/α,β-unsaturated/α-hetero) is 1. The van der Waals surface area contributed by atoms with Gasteiger partial charge in [0.05, 0.1) is 31.1 Å². The van der Waals surface area contributed by atoms with Crippen molar-refractivity contribution < 1.29 is 23.1 Å². The molecule has 0 aliphatic carbocycles. The molecule has 3 fully saturated rings. The van der Waals surface area contributed by atoms with Gasteiger partial charge in [0.25, 0.3) is 0 Å². The molecule has 1 atom stereocenters. The summed E-state index contributed by atoms with van der Waals surface area (Å²) in [5.41, 5.74) is 2.25. The number of anilines is 4. The van der Waals surface area contributed by atoms with Gasteiger partial charge >= 0.3 is 0 Å². The normalized spacial score (nSPS) is 20.2. The van der Waals surface area contributed by atoms with Crippen LogP contribution in [0.4, 0.5) is 31.8 Å². The summed E-state index contributed by atoms with van der Waals surface area (Å²) >= 11 is 0. The Bertz CT molecular complexity index is 1490. The first kappa shape index (κ1) is 30.2. The van der Waals surface area contributed by atoms with Crippen LogP contribution in [0.25, 0.3) is 0 Å². The molecule has 0 amide bonds. The average Bonchev–Trinajstić information content (AvgIpc) is 3.53. The number of methoxy groups -OCH3 is 1. The van der Waals surface area contributed by atoms with Crippen LogP contribution in [0.3, 0.4) is 0 Å². The molecule has 6 rings (SSSR count). The Hall–Kier alpha value is -3.87. The van der Waals surface area contributed by atoms with Gasteiger partial charge in [-0.1, -0.05) is 12.1 Å². The highest BCUT2D eigenvalue weighted by Crippen LogP contribution is 2.39. The van der Waals surface area contributed by atoms with Crippen molar-refractivity contribution in [3.8, 4) is 5.75 Å². The summed E-state index contributed by atoms with van der Waals surface area (Å²) < 4.78 is 34.4. The number of halogens is 2. The molecule has 3 saturated heterocycles. The number of ether oxygens (including phenoxy) is 1. The number of hydrogen-bond acceptors (Lipinski definition) is 10. The molecule has 10 nitrogen and oxygen atoms in total. The largest absolute Gasteiger partial charge is 0.494 e. The van der Waals surface area contributed by atoms with Crippen LogP contribution in [0, 0.1) is 11.6 Å². The lowest BCUT2D eigenvalue weighted by molar-refractivity contribution is 0.0979. The molecule has 0 saturated carbocycles. The van der Waals surface area contributed by atoms with E-state index >= 15 is 0 Å². The number of hydroxylamine groups is 1. The van der Waals surface area contributed by atoms with E-state index < -0.39 is 17.7 Å². The summed E-state index contributed by atoms with van der Waals surface area (Å²) in [6, 6.07) is 9.53. The number of likely N-dealkylation sites (N-methyl/N-ethyl adjacent to an activating group) is 1. The van der Waals surface area contributed by atoms with Gasteiger partial charge in [0.15, 0.2) is 23.2 Å². The predicted octanol–water partition coefficient (Wildman–Crippen LogP) is 4.81. The molecule has 0 spiro atoms. The number of nitrogens with one attached hydrogen (secondary N) is 1. The number of carbonyl (C=O) groups excluding carboxylic acids is 1. The number of aromatic nitrogens is 2. The lowest BCUT2D eigenvalue weighted by Crippen LogP contribution is -2.52. The molecule has 1 N–H and O–H groups in total. The molecule has 44 heavy (non-hydrogen) atoms. The Morgan fingerprint density at radius 2 is 1.80 bits per heavy atom. The monoisotopic (exact) mass is 607 g/mol. The Morgan fingerprint density at radius 1 is 1.02 bits per heavy atom. The van der Waals surface area contributed by atoms with Gasteiger partial charge < -0.3 is 19.9 Å². The van der Waals surface area contributed by atoms with Gasteiger partial charge in [-0.3, -0.25) is 14.5 Å². The Labute approximate surface area is 256 Å². The van der Waals surface area contributed by atoms with Gasteiger partial charge in [-0.25, -0.2) is 23.8 Å². The van der Waals surface area contributed by atoms with Gasteiger partial charge in [-0.15, -0.1) is 0 Å². The summed E-state index contributed by atoms with van der Waals surface area (Å²) in [5, 5.41) is 4.75. The third kappa shape index (κ3) is 6.19. The molecule has 3 aromatic rings. The highest BCUT2D eigenvalue weighted by molar-refractivity contribution is 6.01. The molecule has 0 unspecified atom stereocenters. The van der Waals surface area contributed by atoms with Crippen molar-refractivity contribution >= 4 is 28.8 Å². The predicted molar refractivity (Wildman–Crippen MR) is 165 cm³/mol. The Kier molecular flexibility index (Phi) is 8.92. The number of carbonyl (C=O) groups is 1. The zero-order valence-electron chi connectivity index (χ0n) is 25.4. The zero-order chi connectivity index (χ0) is 30.8. The highest BCUT2D eigenvalue weighted by atomic mass is 19.2. The molecule has 1 aromatic heterocycles. The summed E-state index contributed by atoms with van der Waals surface area (Å²) in [7, 11) is 3.77. The van der Waals surface area contributed by atoms with Gasteiger partial charge in [0, 0.05) is 75.0 Å². The molecule has 3 aliphatic rings. The Balaban J connectivity index is 1.21. The quantitative estimate of drug-likeness (QED) is 0.360. The van der Waals surface area contributed by atoms with Crippen molar-refractivity contribution in [1.82, 2.24) is 19.8 Å². The highest BCUT2D eigenvalue weighted by Gasteiger charge is 2.32. The van der Waals surface area contributed by atoms with Gasteiger partial charge in [0.1, 0.15) is 17.9 Å². The van der Waals surface area contributed by atoms with E-state index in [1.54, 1.807) is 26.2 Å². The summed E-state index contributed by atoms with van der Waals surface area (Å²) in [6.07, 6.45) is 3.94. The van der Waals surface area contributed by atoms with Gasteiger partial charge in [-0.2, -0.15) is 0 Å². The van der Waals surface area contributed by atoms with E-state index in [1.807, 2.05) is 12.1 Å². The van der Waals surface area contributed by atoms with E-state index in [-0.39, 0.29) is 11.3 Å². The topological polar surface area (TPSA) is 86.3 Å². The summed E-state index contributed by atoms with van der Waals surface area (Å²) in [4.78, 5) is 34.6. The van der Waals surface area contributed by atoms with Crippen molar-refractivity contribution in [1.29, 1.82) is 0 Å². The SMILES string of the molecule is COc1cc(N2CCC(N3CCN(C)CC3)CC2)c(C(C)=O)cc1Nc1cc(N2OCC[C@@H]2c2cccc(F)c2F)ncn1. The van der Waals surface area contributed by atoms with Crippen molar-refractivity contribution in [2.45, 2.75) is 38.3 Å². The summed E-state index contributed by atoms with van der Waals surface area (Å²) in [5.74, 6) is -0.456. The van der Waals surface area contributed by atoms with Crippen LogP contribution in [0.1, 0.15) is 48.1 Å². The lowest BCUT2D eigenvalue weighted by Gasteiger charge is -2.43. The van der Waals surface area contributed by atoms with Gasteiger partial charge in [-0.05, 0) is 38.9 Å². The average molecular weight is 608 g/mol. The second kappa shape index (κ2) is 13.0. The van der Waals surface area contributed by atoms with E-state index in [0.717, 1.165) is 63.9 Å². The lowest BCUT2D eigenvalue weighted by atomic mass is 9.99. The van der Waals surface area contributed by atoms with Crippen LogP contribution in [0.2, 0.25) is 0 Å². The standard InChI is InChI=1S/C32H39F2N7O3/c1-21(42)24-17-26(29(43-3)18-28(24)40-10-7-22(8-11-40)39-14-12-38(2)13-15-39)37-30-19-31(36-20-35-30)41-27(9-16-44-41)23-5-4-6-25(33)32(23)34/h4-6,17-20,22,27H,7-16H2,1-3H3,(H,35,36,37)/t27-/m1/s1. The molecule has 234 valence electrons. The number of rotatable bonds is 8. The minimum atomic E-state index is -0.907. The second-order valence-corrected chi connectivity index (χ2v) is 11.7. The maximum atomic E-state index is 14.6. The molecular weight excluding hydrogens is 568 g/mol. The number of ketones is 1. The first-order chi connectivity index (χ1) is 21.3. The van der Waals surface area contributed by atoms with E-state index in [1.165, 1.54) is 17.5 Å². The molecule has 2 aromatic carbocycles. The van der Waals surface area contributed by atoms with E-state index in [2.05, 4.69) is 37.0 Å². The van der Waals surface area contributed by atoms with Crippen LogP contribution >= 0.6 is 0 Å². The fraction of sp³-hybridized carbons (Fsp3) is 0.469. The van der Waals surface area contributed by atoms with Crippen LogP contribution in [-0.2, 0) is 4.84 Å². The van der Waals surface area contributed by atoms with Crippen molar-refractivity contribution in [3.63, 3.8) is 0 Å². The van der Waals surface area contributed by atoms with Crippen LogP contribution in [0.5, 0.6) is 5.75 Å². The van der Waals surface area contributed by atoms with E-state index in [9.17, 15) is 13.6 Å². The minimum absolute atomic E-state index is 0.0410. The molecule has 0 radical (unpaired) electrons. The first-order valence-electron chi connectivity index (χ1n) is 15.2. The van der Waals surface area contributed by atoms with E-state index in [0.29, 0.717) is 47.7 Å². The molecular formula is C32H39F2N7O3. The number of piperidine rings is 1. The van der Waals surface area contributed by atoms with Crippen molar-refractivity contribution in [3.05, 3.63) is 65.5 Å². The number of benzene rings is 2. The minimum Gasteiger partial charge on any atom is -0.494 e. The van der Waals surface area contributed by atoms with Crippen LogP contribution in [0.15, 0.2) is 42.7 Å². The third-order valence-corrected chi connectivity index (χ3v) is 8.94. The Morgan fingerprint density at radius 3 is 2.52 bits per heavy atom. The number of nitrogens with zero attached hydrogens (tertiary/aromatic N) is 6. The molecule has 12 heteroatoms. The maximum Gasteiger partial charge on any atom is 0.164 e. The number of piperazine rings is 1. The van der Waals surface area contributed by atoms with Crippen LogP contribution < -0.4 is 20.0 Å². The second-order valence-electron chi connectivity index (χ2n) is 11.7. The van der Waals surface area contributed by atoms with Crippen molar-refractivity contribution in [2.75, 3.05) is 75.3 Å². The molecule has 3 aliphatic heterocycles. The zero-order valence-corrected chi connectivity index (χ0v) is 25.4. The number of hydrogen-bond donors (Lipinski definition) is 1.